The van der Waals surface area contributed by atoms with E-state index >= 15 is 0 Å². The fraction of sp³-hybridized carbons (Fsp3) is 0.600. The summed E-state index contributed by atoms with van der Waals surface area (Å²) in [5.41, 5.74) is 1.09. The number of halogens is 4. The second-order valence-electron chi connectivity index (χ2n) is 3.80. The lowest BCUT2D eigenvalue weighted by atomic mass is 10.1. The Kier molecular flexibility index (Phi) is 4.75. The number of carbonyl (C=O) groups excluding carboxylic acids is 1. The van der Waals surface area contributed by atoms with Crippen molar-refractivity contribution in [2.75, 3.05) is 13.2 Å². The van der Waals surface area contributed by atoms with Gasteiger partial charge in [-0.1, -0.05) is 11.6 Å². The minimum absolute atomic E-state index is 0.0869. The molecule has 0 radical (unpaired) electrons. The van der Waals surface area contributed by atoms with Crippen molar-refractivity contribution >= 4 is 17.4 Å². The summed E-state index contributed by atoms with van der Waals surface area (Å²) in [7, 11) is 1.61. The Labute approximate surface area is 107 Å². The van der Waals surface area contributed by atoms with Gasteiger partial charge in [-0.25, -0.2) is 0 Å². The number of hydrogen-bond acceptors (Lipinski definition) is 3. The molecule has 0 saturated heterocycles. The van der Waals surface area contributed by atoms with Crippen LogP contribution in [0.2, 0.25) is 5.15 Å². The maximum absolute atomic E-state index is 11.8. The third kappa shape index (κ3) is 4.30. The molecule has 0 fully saturated rings. The minimum atomic E-state index is -4.43. The Balaban J connectivity index is 2.50. The van der Waals surface area contributed by atoms with Crippen LogP contribution in [-0.4, -0.2) is 35.0 Å². The second kappa shape index (κ2) is 5.71. The number of aromatic nitrogens is 2. The number of carbonyl (C=O) groups is 1. The number of aryl methyl sites for hydroxylation is 2. The molecule has 1 aromatic heterocycles. The predicted octanol–water partition coefficient (Wildman–Crippen LogP) is 2.07. The molecule has 0 aliphatic carbocycles. The molecule has 1 heterocycles. The highest BCUT2D eigenvalue weighted by Crippen LogP contribution is 2.19. The topological polar surface area (TPSA) is 44.1 Å². The standard InChI is InChI=1S/C10H12ClF3N2O2/c1-6-8(9(11)16(2)15-6)3-7(17)4-18-5-10(12,13)14/h3-5H2,1-2H3. The molecule has 18 heavy (non-hydrogen) atoms. The summed E-state index contributed by atoms with van der Waals surface area (Å²) >= 11 is 5.89. The molecular weight excluding hydrogens is 273 g/mol. The molecule has 0 amide bonds. The van der Waals surface area contributed by atoms with Crippen LogP contribution in [0.4, 0.5) is 13.2 Å². The Morgan fingerprint density at radius 3 is 2.56 bits per heavy atom. The summed E-state index contributed by atoms with van der Waals surface area (Å²) in [5, 5.41) is 4.30. The molecule has 0 atom stereocenters. The van der Waals surface area contributed by atoms with Crippen LogP contribution in [0.3, 0.4) is 0 Å². The van der Waals surface area contributed by atoms with Crippen LogP contribution in [0.25, 0.3) is 0 Å². The first-order valence-corrected chi connectivity index (χ1v) is 5.42. The Morgan fingerprint density at radius 2 is 2.11 bits per heavy atom. The monoisotopic (exact) mass is 284 g/mol. The Morgan fingerprint density at radius 1 is 1.50 bits per heavy atom. The maximum Gasteiger partial charge on any atom is 0.411 e. The van der Waals surface area contributed by atoms with Crippen molar-refractivity contribution in [2.24, 2.45) is 7.05 Å². The highest BCUT2D eigenvalue weighted by atomic mass is 35.5. The summed E-state index contributed by atoms with van der Waals surface area (Å²) in [6.45, 7) is -0.353. The van der Waals surface area contributed by atoms with Gasteiger partial charge in [0.2, 0.25) is 0 Å². The van der Waals surface area contributed by atoms with E-state index < -0.39 is 25.2 Å². The van der Waals surface area contributed by atoms with Gasteiger partial charge in [0, 0.05) is 19.0 Å². The second-order valence-corrected chi connectivity index (χ2v) is 4.16. The molecule has 0 N–H and O–H groups in total. The van der Waals surface area contributed by atoms with Crippen molar-refractivity contribution in [3.63, 3.8) is 0 Å². The third-order valence-electron chi connectivity index (χ3n) is 2.17. The zero-order chi connectivity index (χ0) is 13.9. The Hall–Kier alpha value is -1.08. The molecule has 102 valence electrons. The summed E-state index contributed by atoms with van der Waals surface area (Å²) < 4.78 is 41.1. The summed E-state index contributed by atoms with van der Waals surface area (Å²) in [4.78, 5) is 11.4. The van der Waals surface area contributed by atoms with Gasteiger partial charge in [0.05, 0.1) is 5.69 Å². The van der Waals surface area contributed by atoms with Crippen LogP contribution in [-0.2, 0) is 23.0 Å². The van der Waals surface area contributed by atoms with Crippen LogP contribution in [0, 0.1) is 6.92 Å². The molecule has 8 heteroatoms. The summed E-state index contributed by atoms with van der Waals surface area (Å²) in [6, 6.07) is 0. The van der Waals surface area contributed by atoms with Gasteiger partial charge in [0.1, 0.15) is 18.4 Å². The molecule has 4 nitrogen and oxygen atoms in total. The average molecular weight is 285 g/mol. The van der Waals surface area contributed by atoms with Crippen molar-refractivity contribution in [3.05, 3.63) is 16.4 Å². The summed E-state index contributed by atoms with van der Waals surface area (Å²) in [6.07, 6.45) is -4.52. The highest BCUT2D eigenvalue weighted by molar-refractivity contribution is 6.30. The number of hydrogen-bond donors (Lipinski definition) is 0. The van der Waals surface area contributed by atoms with Gasteiger partial charge in [-0.2, -0.15) is 18.3 Å². The van der Waals surface area contributed by atoms with Crippen LogP contribution in [0.15, 0.2) is 0 Å². The normalized spacial score (nSPS) is 11.9. The van der Waals surface area contributed by atoms with E-state index in [1.165, 1.54) is 4.68 Å². The number of nitrogens with zero attached hydrogens (tertiary/aromatic N) is 2. The average Bonchev–Trinajstić information content (AvgIpc) is 2.43. The van der Waals surface area contributed by atoms with Crippen molar-refractivity contribution in [1.82, 2.24) is 9.78 Å². The van der Waals surface area contributed by atoms with Gasteiger partial charge in [-0.15, -0.1) is 0 Å². The van der Waals surface area contributed by atoms with Crippen LogP contribution in [0.1, 0.15) is 11.3 Å². The van der Waals surface area contributed by atoms with Crippen molar-refractivity contribution in [3.8, 4) is 0 Å². The quantitative estimate of drug-likeness (QED) is 0.831. The van der Waals surface area contributed by atoms with E-state index in [9.17, 15) is 18.0 Å². The number of alkyl halides is 3. The smallest absolute Gasteiger partial charge is 0.364 e. The van der Waals surface area contributed by atoms with Crippen LogP contribution < -0.4 is 0 Å². The lowest BCUT2D eigenvalue weighted by Gasteiger charge is -2.06. The van der Waals surface area contributed by atoms with Gasteiger partial charge >= 0.3 is 6.18 Å². The van der Waals surface area contributed by atoms with Gasteiger partial charge in [0.25, 0.3) is 0 Å². The number of ether oxygens (including phenoxy) is 1. The van der Waals surface area contributed by atoms with Gasteiger partial charge < -0.3 is 4.74 Å². The first-order valence-electron chi connectivity index (χ1n) is 5.05. The zero-order valence-corrected chi connectivity index (χ0v) is 10.6. The largest absolute Gasteiger partial charge is 0.411 e. The first kappa shape index (κ1) is 15.0. The molecule has 0 bridgehead atoms. The SMILES string of the molecule is Cc1nn(C)c(Cl)c1CC(=O)COCC(F)(F)F. The van der Waals surface area contributed by atoms with Gasteiger partial charge in [-0.05, 0) is 6.92 Å². The lowest BCUT2D eigenvalue weighted by molar-refractivity contribution is -0.175. The maximum atomic E-state index is 11.8. The number of Topliss-reactive ketones (excluding diaryl/α,β-unsaturated/α-hetero) is 1. The van der Waals surface area contributed by atoms with E-state index in [4.69, 9.17) is 11.6 Å². The minimum Gasteiger partial charge on any atom is -0.364 e. The van der Waals surface area contributed by atoms with Crippen LogP contribution in [0.5, 0.6) is 0 Å². The fourth-order valence-corrected chi connectivity index (χ4v) is 1.64. The summed E-state index contributed by atoms with van der Waals surface area (Å²) in [5.74, 6) is -0.475. The molecule has 1 aromatic rings. The molecule has 0 saturated carbocycles. The van der Waals surface area contributed by atoms with E-state index in [0.717, 1.165) is 0 Å². The first-order chi connectivity index (χ1) is 8.20. The Bertz CT molecular complexity index is 443. The van der Waals surface area contributed by atoms with Crippen LogP contribution >= 0.6 is 11.6 Å². The predicted molar refractivity (Wildman–Crippen MR) is 58.5 cm³/mol. The molecule has 0 aromatic carbocycles. The zero-order valence-electron chi connectivity index (χ0n) is 9.84. The molecule has 0 aliphatic rings. The lowest BCUT2D eigenvalue weighted by Crippen LogP contribution is -2.21. The molecule has 0 aliphatic heterocycles. The third-order valence-corrected chi connectivity index (χ3v) is 2.65. The number of rotatable bonds is 5. The molecule has 0 unspecified atom stereocenters. The van der Waals surface area contributed by atoms with Crippen molar-refractivity contribution < 1.29 is 22.7 Å². The van der Waals surface area contributed by atoms with Crippen molar-refractivity contribution in [1.29, 1.82) is 0 Å². The van der Waals surface area contributed by atoms with Crippen molar-refractivity contribution in [2.45, 2.75) is 19.5 Å². The van der Waals surface area contributed by atoms with E-state index in [1.54, 1.807) is 14.0 Å². The molecule has 0 spiro atoms. The van der Waals surface area contributed by atoms with Gasteiger partial charge in [0.15, 0.2) is 5.78 Å². The molecular formula is C10H12ClF3N2O2. The fourth-order valence-electron chi connectivity index (χ4n) is 1.40. The number of ketones is 1. The van der Waals surface area contributed by atoms with E-state index in [2.05, 4.69) is 9.84 Å². The van der Waals surface area contributed by atoms with Gasteiger partial charge in [-0.3, -0.25) is 9.48 Å². The van der Waals surface area contributed by atoms with E-state index in [-0.39, 0.29) is 6.42 Å². The molecule has 1 rings (SSSR count). The highest BCUT2D eigenvalue weighted by Gasteiger charge is 2.28. The van der Waals surface area contributed by atoms with E-state index in [1.807, 2.05) is 0 Å². The van der Waals surface area contributed by atoms with E-state index in [0.29, 0.717) is 16.4 Å².